The third-order valence-corrected chi connectivity index (χ3v) is 1.36. The fourth-order valence-electron chi connectivity index (χ4n) is 0.810. The maximum Gasteiger partial charge on any atom is 0.203 e. The quantitative estimate of drug-likeness (QED) is 0.483. The predicted molar refractivity (Wildman–Crippen MR) is 40.5 cm³/mol. The summed E-state index contributed by atoms with van der Waals surface area (Å²) in [6.45, 7) is 0.437. The first kappa shape index (κ1) is 7.81. The summed E-state index contributed by atoms with van der Waals surface area (Å²) in [4.78, 5) is 0. The second kappa shape index (κ2) is 3.21. The lowest BCUT2D eigenvalue weighted by Crippen LogP contribution is -2.25. The summed E-state index contributed by atoms with van der Waals surface area (Å²) in [6, 6.07) is 1.64. The molecule has 0 aromatic carbocycles. The van der Waals surface area contributed by atoms with Crippen LogP contribution >= 0.6 is 0 Å². The van der Waals surface area contributed by atoms with E-state index in [0.717, 1.165) is 5.56 Å². The van der Waals surface area contributed by atoms with E-state index in [-0.39, 0.29) is 0 Å². The Morgan fingerprint density at radius 2 is 2.45 bits per heavy atom. The molecule has 0 atom stereocenters. The van der Waals surface area contributed by atoms with Gasteiger partial charge in [0, 0.05) is 18.7 Å². The number of nitrogen functional groups attached to an aromatic ring is 1. The summed E-state index contributed by atoms with van der Waals surface area (Å²) < 4.78 is 5.52. The summed E-state index contributed by atoms with van der Waals surface area (Å²) in [6.07, 6.45) is 2.71. The molecular formula is C7H10N2O2. The highest BCUT2D eigenvalue weighted by Crippen LogP contribution is 2.07. The second-order valence-electron chi connectivity index (χ2n) is 2.22. The maximum absolute atomic E-state index is 10.6. The van der Waals surface area contributed by atoms with Gasteiger partial charge in [0.1, 0.15) is 5.69 Å². The van der Waals surface area contributed by atoms with Crippen molar-refractivity contribution in [2.24, 2.45) is 0 Å². The van der Waals surface area contributed by atoms with Gasteiger partial charge in [-0.2, -0.15) is 4.73 Å². The molecule has 4 heteroatoms. The van der Waals surface area contributed by atoms with Crippen LogP contribution in [-0.2, 0) is 11.3 Å². The van der Waals surface area contributed by atoms with E-state index < -0.39 is 0 Å². The molecule has 0 radical (unpaired) electrons. The summed E-state index contributed by atoms with van der Waals surface area (Å²) in [5.41, 5.74) is 6.80. The lowest BCUT2D eigenvalue weighted by molar-refractivity contribution is -0.604. The molecule has 2 N–H and O–H groups in total. The number of nitrogens with zero attached hydrogens (tertiary/aromatic N) is 1. The van der Waals surface area contributed by atoms with E-state index in [1.54, 1.807) is 13.2 Å². The Morgan fingerprint density at radius 3 is 3.00 bits per heavy atom. The number of rotatable bonds is 2. The van der Waals surface area contributed by atoms with E-state index in [4.69, 9.17) is 10.5 Å². The Balaban J connectivity index is 2.90. The number of methoxy groups -OCH3 is 1. The van der Waals surface area contributed by atoms with E-state index >= 15 is 0 Å². The van der Waals surface area contributed by atoms with Gasteiger partial charge in [-0.15, -0.1) is 0 Å². The molecule has 1 heterocycles. The molecule has 0 bridgehead atoms. The molecule has 0 unspecified atom stereocenters. The largest absolute Gasteiger partial charge is 0.619 e. The van der Waals surface area contributed by atoms with Crippen molar-refractivity contribution in [3.05, 3.63) is 29.2 Å². The van der Waals surface area contributed by atoms with Crippen molar-refractivity contribution < 1.29 is 9.47 Å². The van der Waals surface area contributed by atoms with Crippen LogP contribution in [-0.4, -0.2) is 7.11 Å². The smallest absolute Gasteiger partial charge is 0.203 e. The topological polar surface area (TPSA) is 62.2 Å². The Labute approximate surface area is 64.8 Å². The zero-order valence-electron chi connectivity index (χ0n) is 6.28. The highest BCUT2D eigenvalue weighted by atomic mass is 16.5. The Bertz CT molecular complexity index is 250. The van der Waals surface area contributed by atoms with Crippen LogP contribution in [0.3, 0.4) is 0 Å². The van der Waals surface area contributed by atoms with Crippen molar-refractivity contribution in [3.8, 4) is 0 Å². The van der Waals surface area contributed by atoms with Crippen molar-refractivity contribution in [1.82, 2.24) is 0 Å². The van der Waals surface area contributed by atoms with Gasteiger partial charge in [0.25, 0.3) is 0 Å². The van der Waals surface area contributed by atoms with Gasteiger partial charge in [-0.1, -0.05) is 0 Å². The first-order valence-electron chi connectivity index (χ1n) is 3.20. The van der Waals surface area contributed by atoms with Crippen LogP contribution in [0.1, 0.15) is 5.56 Å². The van der Waals surface area contributed by atoms with Crippen LogP contribution in [0.4, 0.5) is 5.69 Å². The average Bonchev–Trinajstić information content (AvgIpc) is 1.95. The predicted octanol–water partition coefficient (Wildman–Crippen LogP) is 0.0486. The molecule has 60 valence electrons. The van der Waals surface area contributed by atoms with Gasteiger partial charge in [-0.05, 0) is 0 Å². The van der Waals surface area contributed by atoms with Gasteiger partial charge in [0.05, 0.1) is 6.61 Å². The summed E-state index contributed by atoms with van der Waals surface area (Å²) in [5.74, 6) is 0. The van der Waals surface area contributed by atoms with Gasteiger partial charge in [0.15, 0.2) is 6.20 Å². The van der Waals surface area contributed by atoms with Gasteiger partial charge < -0.3 is 15.7 Å². The van der Waals surface area contributed by atoms with Crippen LogP contribution in [0.5, 0.6) is 0 Å². The molecule has 11 heavy (non-hydrogen) atoms. The molecule has 0 aliphatic heterocycles. The molecule has 4 nitrogen and oxygen atoms in total. The van der Waals surface area contributed by atoms with E-state index in [0.29, 0.717) is 17.0 Å². The van der Waals surface area contributed by atoms with Crippen LogP contribution in [0.15, 0.2) is 18.5 Å². The molecule has 0 fully saturated rings. The van der Waals surface area contributed by atoms with Crippen molar-refractivity contribution in [2.45, 2.75) is 6.61 Å². The van der Waals surface area contributed by atoms with Crippen molar-refractivity contribution in [1.29, 1.82) is 0 Å². The molecule has 1 aromatic rings. The molecule has 0 aliphatic carbocycles. The average molecular weight is 154 g/mol. The zero-order valence-corrected chi connectivity index (χ0v) is 6.28. The lowest BCUT2D eigenvalue weighted by Gasteiger charge is -2.02. The summed E-state index contributed by atoms with van der Waals surface area (Å²) in [5, 5.41) is 10.6. The number of aromatic nitrogens is 1. The minimum Gasteiger partial charge on any atom is -0.619 e. The number of hydrogen-bond acceptors (Lipinski definition) is 3. The number of nitrogens with two attached hydrogens (primary N) is 1. The molecule has 0 amide bonds. The first-order chi connectivity index (χ1) is 5.24. The van der Waals surface area contributed by atoms with Gasteiger partial charge in [-0.3, -0.25) is 0 Å². The minimum atomic E-state index is 0.437. The SMILES string of the molecule is COCc1cc[n+]([O-])cc1N. The summed E-state index contributed by atoms with van der Waals surface area (Å²) in [7, 11) is 1.58. The van der Waals surface area contributed by atoms with Gasteiger partial charge in [0.2, 0.25) is 6.20 Å². The second-order valence-corrected chi connectivity index (χ2v) is 2.22. The molecule has 1 rings (SSSR count). The minimum absolute atomic E-state index is 0.437. The van der Waals surface area contributed by atoms with E-state index in [2.05, 4.69) is 0 Å². The van der Waals surface area contributed by atoms with Crippen molar-refractivity contribution in [3.63, 3.8) is 0 Å². The number of anilines is 1. The Kier molecular flexibility index (Phi) is 2.28. The van der Waals surface area contributed by atoms with Crippen LogP contribution in [0.25, 0.3) is 0 Å². The van der Waals surface area contributed by atoms with Gasteiger partial charge >= 0.3 is 0 Å². The number of hydrogen-bond donors (Lipinski definition) is 1. The standard InChI is InChI=1S/C7H10N2O2/c1-11-5-6-2-3-9(10)4-7(6)8/h2-4H,5,8H2,1H3. The van der Waals surface area contributed by atoms with Gasteiger partial charge in [-0.25, -0.2) is 0 Å². The third-order valence-electron chi connectivity index (χ3n) is 1.36. The number of pyridine rings is 1. The zero-order chi connectivity index (χ0) is 8.27. The highest BCUT2D eigenvalue weighted by Gasteiger charge is 2.00. The fourth-order valence-corrected chi connectivity index (χ4v) is 0.810. The molecule has 0 aliphatic rings. The van der Waals surface area contributed by atoms with Crippen LogP contribution in [0, 0.1) is 5.21 Å². The fraction of sp³-hybridized carbons (Fsp3) is 0.286. The molecule has 0 saturated carbocycles. The maximum atomic E-state index is 10.6. The first-order valence-corrected chi connectivity index (χ1v) is 3.20. The molecule has 0 saturated heterocycles. The van der Waals surface area contributed by atoms with E-state index in [1.807, 2.05) is 0 Å². The molecule has 1 aromatic heterocycles. The van der Waals surface area contributed by atoms with Crippen LogP contribution in [0.2, 0.25) is 0 Å². The number of ether oxygens (including phenoxy) is 1. The van der Waals surface area contributed by atoms with Crippen molar-refractivity contribution >= 4 is 5.69 Å². The van der Waals surface area contributed by atoms with E-state index in [9.17, 15) is 5.21 Å². The van der Waals surface area contributed by atoms with Crippen LogP contribution < -0.4 is 10.5 Å². The third kappa shape index (κ3) is 1.81. The Hall–Kier alpha value is -1.29. The lowest BCUT2D eigenvalue weighted by atomic mass is 10.2. The molecular weight excluding hydrogens is 144 g/mol. The molecule has 0 spiro atoms. The highest BCUT2D eigenvalue weighted by molar-refractivity contribution is 5.41. The van der Waals surface area contributed by atoms with E-state index in [1.165, 1.54) is 12.4 Å². The van der Waals surface area contributed by atoms with Crippen molar-refractivity contribution in [2.75, 3.05) is 12.8 Å². The Morgan fingerprint density at radius 1 is 1.73 bits per heavy atom. The monoisotopic (exact) mass is 154 g/mol. The summed E-state index contributed by atoms with van der Waals surface area (Å²) >= 11 is 0. The normalized spacial score (nSPS) is 9.91.